The van der Waals surface area contributed by atoms with E-state index in [2.05, 4.69) is 5.32 Å². The third kappa shape index (κ3) is 9.36. The summed E-state index contributed by atoms with van der Waals surface area (Å²) in [5.74, 6) is -3.72. The van der Waals surface area contributed by atoms with Gasteiger partial charge >= 0.3 is 5.97 Å². The molecule has 47 heavy (non-hydrogen) atoms. The summed E-state index contributed by atoms with van der Waals surface area (Å²) in [6, 6.07) is 6.70. The van der Waals surface area contributed by atoms with Crippen molar-refractivity contribution in [3.05, 3.63) is 59.2 Å². The Hall–Kier alpha value is -4.35. The molecule has 0 aliphatic heterocycles. The molecule has 15 nitrogen and oxygen atoms in total. The number of phenols is 3. The van der Waals surface area contributed by atoms with Crippen molar-refractivity contribution in [3.63, 3.8) is 0 Å². The first-order valence-electron chi connectivity index (χ1n) is 14.5. The van der Waals surface area contributed by atoms with Gasteiger partial charge in [0.1, 0.15) is 31.5 Å². The van der Waals surface area contributed by atoms with Crippen LogP contribution in [-0.4, -0.2) is 117 Å². The molecule has 15 heteroatoms. The first-order chi connectivity index (χ1) is 22.3. The molecule has 0 heterocycles. The van der Waals surface area contributed by atoms with Crippen LogP contribution < -0.4 is 15.8 Å². The van der Waals surface area contributed by atoms with Gasteiger partial charge in [0.2, 0.25) is 0 Å². The zero-order chi connectivity index (χ0) is 34.8. The summed E-state index contributed by atoms with van der Waals surface area (Å²) in [6.07, 6.45) is 0.353. The number of nitrogens with one attached hydrogen (secondary N) is 1. The summed E-state index contributed by atoms with van der Waals surface area (Å²) >= 11 is 0. The highest BCUT2D eigenvalue weighted by Gasteiger charge is 2.59. The van der Waals surface area contributed by atoms with Crippen molar-refractivity contribution in [2.24, 2.45) is 5.73 Å². The predicted octanol–water partition coefficient (Wildman–Crippen LogP) is -0.172. The van der Waals surface area contributed by atoms with Crippen molar-refractivity contribution in [1.82, 2.24) is 5.32 Å². The second-order valence-electron chi connectivity index (χ2n) is 11.0. The molecule has 4 atom stereocenters. The third-order valence-corrected chi connectivity index (χ3v) is 7.56. The van der Waals surface area contributed by atoms with Crippen molar-refractivity contribution in [1.29, 1.82) is 0 Å². The third-order valence-electron chi connectivity index (χ3n) is 7.56. The molecule has 10 N–H and O–H groups in total. The first kappa shape index (κ1) is 37.1. The van der Waals surface area contributed by atoms with Gasteiger partial charge in [-0.1, -0.05) is 18.2 Å². The number of hydrogen-bond acceptors (Lipinski definition) is 14. The zero-order valence-electron chi connectivity index (χ0n) is 25.7. The molecule has 1 saturated carbocycles. The van der Waals surface area contributed by atoms with Crippen LogP contribution in [0.3, 0.4) is 0 Å². The van der Waals surface area contributed by atoms with Gasteiger partial charge in [-0.25, -0.2) is 4.79 Å². The quantitative estimate of drug-likeness (QED) is 0.0788. The number of carbonyl (C=O) groups is 3. The van der Waals surface area contributed by atoms with E-state index < -0.39 is 85.1 Å². The van der Waals surface area contributed by atoms with Crippen molar-refractivity contribution in [3.8, 4) is 23.0 Å². The molecule has 2 aromatic carbocycles. The number of carboxylic acids is 1. The molecule has 0 unspecified atom stereocenters. The topological polar surface area (TPSA) is 259 Å². The maximum absolute atomic E-state index is 12.8. The molecule has 1 aliphatic rings. The van der Waals surface area contributed by atoms with E-state index in [9.17, 15) is 50.1 Å². The standard InChI is InChI=1S/C32H40N2O13/c1-34-18-32(47-16-23(37)6-4-20-11-24(38)25(39)12-21(20)14-35)17-31(30(43)44,13-27(41)29(32)42)46-15-22(36)5-2-19-3-7-28(26(40)10-19)45-9-8-33/h2-7,10-12,27,29,34-35,38-42H,8-9,13-18,33H2,1H3,(H,43,44)/b5-2+,6-4+/t27-,29-,31+,32+/m1/s1. The Labute approximate surface area is 270 Å². The number of ether oxygens (including phenoxy) is 3. The van der Waals surface area contributed by atoms with Crippen LogP contribution in [0, 0.1) is 0 Å². The van der Waals surface area contributed by atoms with Crippen molar-refractivity contribution in [2.45, 2.75) is 42.9 Å². The largest absolute Gasteiger partial charge is 0.504 e. The summed E-state index contributed by atoms with van der Waals surface area (Å²) in [5.41, 5.74) is 2.23. The smallest absolute Gasteiger partial charge is 0.336 e. The number of carbonyl (C=O) groups excluding carboxylic acids is 2. The number of aliphatic hydroxyl groups excluding tert-OH is 3. The van der Waals surface area contributed by atoms with Crippen LogP contribution in [0.5, 0.6) is 23.0 Å². The number of benzene rings is 2. The SMILES string of the molecule is CNC[C@@]1(OCC(=O)/C=C/c2cc(O)c(O)cc2CO)C[C@](OCC(=O)/C=C/c2ccc(OCCN)c(O)c2)(C(=O)O)C[C@@H](O)[C@H]1O. The van der Waals surface area contributed by atoms with Gasteiger partial charge in [-0.2, -0.15) is 0 Å². The van der Waals surface area contributed by atoms with Crippen molar-refractivity contribution >= 4 is 29.7 Å². The van der Waals surface area contributed by atoms with Gasteiger partial charge in [0.15, 0.2) is 40.2 Å². The normalized spacial score (nSPS) is 22.9. The molecule has 0 spiro atoms. The number of likely N-dealkylation sites (N-methyl/N-ethyl adjacent to an activating group) is 1. The number of aliphatic carboxylic acids is 1. The maximum atomic E-state index is 12.8. The summed E-state index contributed by atoms with van der Waals surface area (Å²) in [6.45, 7) is -1.67. The fraction of sp³-hybridized carbons (Fsp3) is 0.406. The Kier molecular flexibility index (Phi) is 13.0. The number of carboxylic acid groups (broad SMARTS) is 1. The predicted molar refractivity (Wildman–Crippen MR) is 167 cm³/mol. The van der Waals surface area contributed by atoms with E-state index in [1.54, 1.807) is 6.07 Å². The highest BCUT2D eigenvalue weighted by Crippen LogP contribution is 2.41. The van der Waals surface area contributed by atoms with E-state index in [1.165, 1.54) is 31.3 Å². The zero-order valence-corrected chi connectivity index (χ0v) is 25.7. The molecule has 1 aliphatic carbocycles. The lowest BCUT2D eigenvalue weighted by Crippen LogP contribution is -2.67. The number of aliphatic hydroxyl groups is 3. The summed E-state index contributed by atoms with van der Waals surface area (Å²) in [4.78, 5) is 38.0. The van der Waals surface area contributed by atoms with Crippen LogP contribution in [0.2, 0.25) is 0 Å². The van der Waals surface area contributed by atoms with Crippen LogP contribution in [0.4, 0.5) is 0 Å². The minimum atomic E-state index is -2.20. The van der Waals surface area contributed by atoms with Gasteiger partial charge in [-0.15, -0.1) is 0 Å². The summed E-state index contributed by atoms with van der Waals surface area (Å²) in [7, 11) is 1.49. The van der Waals surface area contributed by atoms with Gasteiger partial charge in [0.05, 0.1) is 12.7 Å². The molecular weight excluding hydrogens is 620 g/mol. The Morgan fingerprint density at radius 1 is 0.979 bits per heavy atom. The monoisotopic (exact) mass is 660 g/mol. The molecule has 0 bridgehead atoms. The Balaban J connectivity index is 1.75. The lowest BCUT2D eigenvalue weighted by molar-refractivity contribution is -0.236. The second kappa shape index (κ2) is 16.5. The highest BCUT2D eigenvalue weighted by molar-refractivity contribution is 5.95. The average molecular weight is 661 g/mol. The molecule has 1 fully saturated rings. The number of rotatable bonds is 17. The van der Waals surface area contributed by atoms with Crippen molar-refractivity contribution < 1.29 is 64.3 Å². The number of nitrogens with two attached hydrogens (primary N) is 1. The lowest BCUT2D eigenvalue weighted by Gasteiger charge is -2.49. The van der Waals surface area contributed by atoms with Gasteiger partial charge in [-0.3, -0.25) is 9.59 Å². The van der Waals surface area contributed by atoms with E-state index in [0.29, 0.717) is 5.56 Å². The first-order valence-corrected chi connectivity index (χ1v) is 14.5. The van der Waals surface area contributed by atoms with Gasteiger partial charge in [0.25, 0.3) is 0 Å². The van der Waals surface area contributed by atoms with E-state index in [4.69, 9.17) is 19.9 Å². The lowest BCUT2D eigenvalue weighted by atomic mass is 9.71. The minimum absolute atomic E-state index is 0.173. The number of aromatic hydroxyl groups is 3. The molecule has 3 rings (SSSR count). The minimum Gasteiger partial charge on any atom is -0.504 e. The summed E-state index contributed by atoms with van der Waals surface area (Å²) < 4.78 is 16.7. The van der Waals surface area contributed by atoms with Gasteiger partial charge < -0.3 is 61.0 Å². The number of phenolic OH excluding ortho intramolecular Hbond substituents is 3. The van der Waals surface area contributed by atoms with E-state index in [-0.39, 0.29) is 42.3 Å². The van der Waals surface area contributed by atoms with Crippen LogP contribution >= 0.6 is 0 Å². The van der Waals surface area contributed by atoms with Crippen LogP contribution in [-0.2, 0) is 30.5 Å². The highest BCUT2D eigenvalue weighted by atomic mass is 16.5. The van der Waals surface area contributed by atoms with E-state index in [0.717, 1.165) is 24.3 Å². The molecule has 0 aromatic heterocycles. The molecule has 0 amide bonds. The number of ketones is 2. The Morgan fingerprint density at radius 2 is 1.64 bits per heavy atom. The van der Waals surface area contributed by atoms with Crippen LogP contribution in [0.1, 0.15) is 29.5 Å². The average Bonchev–Trinajstić information content (AvgIpc) is 3.04. The van der Waals surface area contributed by atoms with E-state index >= 15 is 0 Å². The molecule has 0 radical (unpaired) electrons. The van der Waals surface area contributed by atoms with Crippen molar-refractivity contribution in [2.75, 3.05) is 40.0 Å². The Bertz CT molecular complexity index is 1490. The van der Waals surface area contributed by atoms with Crippen LogP contribution in [0.25, 0.3) is 12.2 Å². The van der Waals surface area contributed by atoms with Gasteiger partial charge in [-0.05, 0) is 60.2 Å². The molecule has 2 aromatic rings. The summed E-state index contributed by atoms with van der Waals surface area (Å²) in [5, 5.41) is 73.7. The second-order valence-corrected chi connectivity index (χ2v) is 11.0. The maximum Gasteiger partial charge on any atom is 0.336 e. The molecule has 256 valence electrons. The fourth-order valence-corrected chi connectivity index (χ4v) is 5.20. The van der Waals surface area contributed by atoms with E-state index in [1.807, 2.05) is 0 Å². The number of hydrogen-bond donors (Lipinski definition) is 9. The molecular formula is C32H40N2O13. The fourth-order valence-electron chi connectivity index (χ4n) is 5.20. The molecule has 0 saturated heterocycles. The Morgan fingerprint density at radius 3 is 2.26 bits per heavy atom. The van der Waals surface area contributed by atoms with Crippen LogP contribution in [0.15, 0.2) is 42.5 Å². The van der Waals surface area contributed by atoms with Gasteiger partial charge in [0, 0.05) is 25.9 Å².